The van der Waals surface area contributed by atoms with Crippen molar-refractivity contribution in [3.63, 3.8) is 0 Å². The lowest BCUT2D eigenvalue weighted by Crippen LogP contribution is -2.47. The van der Waals surface area contributed by atoms with Gasteiger partial charge >= 0.3 is 0 Å². The molecule has 9 heteroatoms. The third-order valence-electron chi connectivity index (χ3n) is 8.74. The lowest BCUT2D eigenvalue weighted by Gasteiger charge is -2.39. The molecule has 2 N–H and O–H groups in total. The summed E-state index contributed by atoms with van der Waals surface area (Å²) in [6.45, 7) is 6.71. The monoisotopic (exact) mass is 506 g/mol. The topological polar surface area (TPSA) is 92.8 Å². The van der Waals surface area contributed by atoms with E-state index >= 15 is 0 Å². The van der Waals surface area contributed by atoms with Crippen LogP contribution in [0.25, 0.3) is 0 Å². The van der Waals surface area contributed by atoms with Crippen molar-refractivity contribution in [3.8, 4) is 0 Å². The van der Waals surface area contributed by atoms with Gasteiger partial charge in [-0.3, -0.25) is 0 Å². The zero-order valence-corrected chi connectivity index (χ0v) is 21.9. The number of piperidine rings is 1. The molecule has 3 aliphatic heterocycles. The maximum atomic E-state index is 13.0. The van der Waals surface area contributed by atoms with Crippen LogP contribution in [0.2, 0.25) is 0 Å². The van der Waals surface area contributed by atoms with Gasteiger partial charge in [0.05, 0.1) is 5.60 Å². The Morgan fingerprint density at radius 3 is 2.34 bits per heavy atom. The van der Waals surface area contributed by atoms with E-state index in [1.165, 1.54) is 6.20 Å². The fourth-order valence-electron chi connectivity index (χ4n) is 6.40. The molecule has 1 unspecified atom stereocenters. The first-order valence-electron chi connectivity index (χ1n) is 13.6. The van der Waals surface area contributed by atoms with Gasteiger partial charge in [0, 0.05) is 57.2 Å². The Balaban J connectivity index is 1.09. The minimum absolute atomic E-state index is 0.0131. The summed E-state index contributed by atoms with van der Waals surface area (Å²) in [7, 11) is -3.57. The van der Waals surface area contributed by atoms with Gasteiger partial charge in [-0.1, -0.05) is 0 Å². The van der Waals surface area contributed by atoms with Gasteiger partial charge in [0.15, 0.2) is 0 Å². The lowest BCUT2D eigenvalue weighted by atomic mass is 9.88. The van der Waals surface area contributed by atoms with E-state index in [0.717, 1.165) is 103 Å². The van der Waals surface area contributed by atoms with E-state index in [0.29, 0.717) is 18.0 Å². The quantitative estimate of drug-likeness (QED) is 0.587. The molecule has 4 heterocycles. The molecule has 35 heavy (non-hydrogen) atoms. The number of aromatic nitrogens is 1. The van der Waals surface area contributed by atoms with E-state index in [2.05, 4.69) is 26.8 Å². The fraction of sp³-hybridized carbons (Fsp3) is 0.808. The van der Waals surface area contributed by atoms with Crippen molar-refractivity contribution >= 4 is 15.8 Å². The molecule has 0 amide bonds. The van der Waals surface area contributed by atoms with Crippen LogP contribution in [-0.2, 0) is 19.5 Å². The van der Waals surface area contributed by atoms with Crippen LogP contribution in [-0.4, -0.2) is 70.0 Å². The fourth-order valence-corrected chi connectivity index (χ4v) is 7.65. The third kappa shape index (κ3) is 6.18. The summed E-state index contributed by atoms with van der Waals surface area (Å²) in [5, 5.41) is 3.80. The molecule has 1 aromatic heterocycles. The van der Waals surface area contributed by atoms with Crippen LogP contribution >= 0.6 is 0 Å². The third-order valence-corrected chi connectivity index (χ3v) is 10.2. The van der Waals surface area contributed by atoms with Crippen LogP contribution in [0.3, 0.4) is 0 Å². The van der Waals surface area contributed by atoms with Crippen molar-refractivity contribution in [2.45, 2.75) is 99.8 Å². The van der Waals surface area contributed by atoms with Crippen LogP contribution < -0.4 is 14.9 Å². The van der Waals surface area contributed by atoms with E-state index < -0.39 is 10.0 Å². The number of sulfonamides is 1. The minimum atomic E-state index is -3.57. The summed E-state index contributed by atoms with van der Waals surface area (Å²) in [5.41, 5.74) is 0.0705. The van der Waals surface area contributed by atoms with Crippen molar-refractivity contribution in [1.29, 1.82) is 0 Å². The Hall–Kier alpha value is -1.26. The molecular weight excluding hydrogens is 464 g/mol. The molecular formula is C26H42N4O4S. The summed E-state index contributed by atoms with van der Waals surface area (Å²) in [5.74, 6) is 1.53. The molecule has 1 spiro atoms. The second-order valence-electron chi connectivity index (χ2n) is 11.0. The molecule has 1 saturated carbocycles. The first-order chi connectivity index (χ1) is 16.9. The smallest absolute Gasteiger partial charge is 0.242 e. The van der Waals surface area contributed by atoms with Gasteiger partial charge in [-0.15, -0.1) is 0 Å². The molecule has 8 nitrogen and oxygen atoms in total. The second kappa shape index (κ2) is 11.0. The number of hydrogen-bond donors (Lipinski definition) is 2. The normalized spacial score (nSPS) is 28.9. The first kappa shape index (κ1) is 25.4. The predicted molar refractivity (Wildman–Crippen MR) is 136 cm³/mol. The average molecular weight is 507 g/mol. The van der Waals surface area contributed by atoms with Gasteiger partial charge in [-0.25, -0.2) is 18.1 Å². The van der Waals surface area contributed by atoms with E-state index in [4.69, 9.17) is 9.47 Å². The summed E-state index contributed by atoms with van der Waals surface area (Å²) >= 11 is 0. The van der Waals surface area contributed by atoms with Crippen LogP contribution in [0.5, 0.6) is 0 Å². The van der Waals surface area contributed by atoms with E-state index in [9.17, 15) is 8.42 Å². The molecule has 1 aliphatic carbocycles. The molecule has 0 bridgehead atoms. The van der Waals surface area contributed by atoms with Crippen molar-refractivity contribution in [3.05, 3.63) is 18.3 Å². The Bertz CT molecular complexity index is 911. The highest BCUT2D eigenvalue weighted by atomic mass is 32.2. The predicted octanol–water partition coefficient (Wildman–Crippen LogP) is 3.23. The van der Waals surface area contributed by atoms with Gasteiger partial charge in [-0.2, -0.15) is 0 Å². The lowest BCUT2D eigenvalue weighted by molar-refractivity contribution is -0.0147. The Kier molecular flexibility index (Phi) is 7.99. The van der Waals surface area contributed by atoms with E-state index in [1.54, 1.807) is 6.07 Å². The first-order valence-corrected chi connectivity index (χ1v) is 15.1. The van der Waals surface area contributed by atoms with Crippen molar-refractivity contribution < 1.29 is 17.9 Å². The molecule has 196 valence electrons. The molecule has 4 aliphatic rings. The number of ether oxygens (including phenoxy) is 2. The van der Waals surface area contributed by atoms with Gasteiger partial charge < -0.3 is 19.7 Å². The van der Waals surface area contributed by atoms with Crippen LogP contribution in [0.1, 0.15) is 71.1 Å². The molecule has 4 fully saturated rings. The molecule has 0 radical (unpaired) electrons. The number of nitrogens with one attached hydrogen (secondary N) is 2. The Morgan fingerprint density at radius 2 is 1.71 bits per heavy atom. The molecule has 0 aromatic carbocycles. The zero-order chi connectivity index (χ0) is 24.3. The SMILES string of the molecule is CC(NC1CCC(NS(=O)(=O)c2ccc(N3CCC4(CCCO4)CC3)nc2)CC1)C1CCOCC1. The summed E-state index contributed by atoms with van der Waals surface area (Å²) < 4.78 is 40.5. The summed E-state index contributed by atoms with van der Waals surface area (Å²) in [6.07, 6.45) is 11.8. The average Bonchev–Trinajstić information content (AvgIpc) is 3.34. The highest BCUT2D eigenvalue weighted by Crippen LogP contribution is 2.36. The molecule has 3 saturated heterocycles. The van der Waals surface area contributed by atoms with Gasteiger partial charge in [-0.05, 0) is 89.2 Å². The highest BCUT2D eigenvalue weighted by molar-refractivity contribution is 7.89. The van der Waals surface area contributed by atoms with Gasteiger partial charge in [0.25, 0.3) is 0 Å². The Morgan fingerprint density at radius 1 is 1.00 bits per heavy atom. The number of pyridine rings is 1. The van der Waals surface area contributed by atoms with Gasteiger partial charge in [0.2, 0.25) is 10.0 Å². The summed E-state index contributed by atoms with van der Waals surface area (Å²) in [6, 6.07) is 4.48. The maximum absolute atomic E-state index is 13.0. The van der Waals surface area contributed by atoms with Crippen LogP contribution in [0, 0.1) is 5.92 Å². The highest BCUT2D eigenvalue weighted by Gasteiger charge is 2.38. The Labute approximate surface area is 210 Å². The van der Waals surface area contributed by atoms with Crippen LogP contribution in [0.4, 0.5) is 5.82 Å². The zero-order valence-electron chi connectivity index (χ0n) is 21.1. The van der Waals surface area contributed by atoms with E-state index in [1.807, 2.05) is 6.07 Å². The van der Waals surface area contributed by atoms with E-state index in [-0.39, 0.29) is 16.5 Å². The van der Waals surface area contributed by atoms with Crippen molar-refractivity contribution in [2.24, 2.45) is 5.92 Å². The maximum Gasteiger partial charge on any atom is 0.242 e. The minimum Gasteiger partial charge on any atom is -0.381 e. The molecule has 1 atom stereocenters. The van der Waals surface area contributed by atoms with Crippen LogP contribution in [0.15, 0.2) is 23.2 Å². The van der Waals surface area contributed by atoms with Crippen molar-refractivity contribution in [2.75, 3.05) is 37.8 Å². The van der Waals surface area contributed by atoms with Crippen molar-refractivity contribution in [1.82, 2.24) is 15.0 Å². The number of anilines is 1. The second-order valence-corrected chi connectivity index (χ2v) is 12.8. The number of rotatable bonds is 7. The summed E-state index contributed by atoms with van der Waals surface area (Å²) in [4.78, 5) is 7.01. The molecule has 1 aromatic rings. The van der Waals surface area contributed by atoms with Gasteiger partial charge in [0.1, 0.15) is 10.7 Å². The number of hydrogen-bond acceptors (Lipinski definition) is 7. The molecule has 5 rings (SSSR count). The standard InChI is InChI=1S/C26H42N4O4S/c1-20(21-9-17-33-18-10-21)28-22-3-5-23(6-4-22)29-35(31,32)24-7-8-25(27-19-24)30-14-12-26(13-15-30)11-2-16-34-26/h7-8,19-23,28-29H,2-6,9-18H2,1H3. The largest absolute Gasteiger partial charge is 0.381 e. The number of nitrogens with zero attached hydrogens (tertiary/aromatic N) is 2.